The van der Waals surface area contributed by atoms with Gasteiger partial charge in [-0.05, 0) is 5.56 Å². The van der Waals surface area contributed by atoms with Crippen LogP contribution in [-0.2, 0) is 6.54 Å². The SMILES string of the molecule is FN(C=S)Cc1ccccc1. The Morgan fingerprint density at radius 3 is 2.55 bits per heavy atom. The molecule has 0 aliphatic carbocycles. The average Bonchev–Trinajstić information content (AvgIpc) is 2.06. The highest BCUT2D eigenvalue weighted by Gasteiger charge is 1.96. The van der Waals surface area contributed by atoms with Crippen molar-refractivity contribution in [3.05, 3.63) is 35.9 Å². The molecule has 0 aliphatic heterocycles. The first-order valence-corrected chi connectivity index (χ1v) is 3.71. The summed E-state index contributed by atoms with van der Waals surface area (Å²) in [4.78, 5) is 0. The summed E-state index contributed by atoms with van der Waals surface area (Å²) in [7, 11) is 0. The lowest BCUT2D eigenvalue weighted by Gasteiger charge is -2.05. The Labute approximate surface area is 70.4 Å². The van der Waals surface area contributed by atoms with Crippen molar-refractivity contribution in [1.82, 2.24) is 5.12 Å². The quantitative estimate of drug-likeness (QED) is 0.504. The third-order valence-corrected chi connectivity index (χ3v) is 1.52. The highest BCUT2D eigenvalue weighted by molar-refractivity contribution is 7.78. The summed E-state index contributed by atoms with van der Waals surface area (Å²) in [5.74, 6) is 0. The van der Waals surface area contributed by atoms with E-state index in [0.29, 0.717) is 5.12 Å². The fourth-order valence-corrected chi connectivity index (χ4v) is 0.870. The molecule has 0 fully saturated rings. The minimum Gasteiger partial charge on any atom is -0.204 e. The van der Waals surface area contributed by atoms with E-state index >= 15 is 0 Å². The molecule has 0 bridgehead atoms. The second-order valence-electron chi connectivity index (χ2n) is 2.15. The third-order valence-electron chi connectivity index (χ3n) is 1.29. The highest BCUT2D eigenvalue weighted by atomic mass is 32.1. The molecule has 0 aromatic heterocycles. The summed E-state index contributed by atoms with van der Waals surface area (Å²) in [6, 6.07) is 9.33. The van der Waals surface area contributed by atoms with Crippen LogP contribution in [0.15, 0.2) is 30.3 Å². The lowest BCUT2D eigenvalue weighted by Crippen LogP contribution is -2.08. The molecule has 1 rings (SSSR count). The molecule has 0 amide bonds. The van der Waals surface area contributed by atoms with Crippen LogP contribution in [0.1, 0.15) is 5.56 Å². The number of nitrogens with zero attached hydrogens (tertiary/aromatic N) is 1. The first-order chi connectivity index (χ1) is 5.33. The molecule has 0 saturated heterocycles. The first kappa shape index (κ1) is 8.14. The molecule has 1 aromatic carbocycles. The second-order valence-corrected chi connectivity index (χ2v) is 2.36. The molecule has 0 unspecified atom stereocenters. The monoisotopic (exact) mass is 169 g/mol. The van der Waals surface area contributed by atoms with E-state index in [2.05, 4.69) is 12.2 Å². The molecular weight excluding hydrogens is 161 g/mol. The topological polar surface area (TPSA) is 3.24 Å². The largest absolute Gasteiger partial charge is 0.204 e. The number of rotatable bonds is 3. The minimum atomic E-state index is 0.227. The fraction of sp³-hybridized carbons (Fsp3) is 0.125. The van der Waals surface area contributed by atoms with Gasteiger partial charge in [0.05, 0.1) is 12.0 Å². The number of hydrogen-bond acceptors (Lipinski definition) is 1. The van der Waals surface area contributed by atoms with E-state index < -0.39 is 0 Å². The number of benzene rings is 1. The second kappa shape index (κ2) is 4.03. The maximum Gasteiger partial charge on any atom is 0.0959 e. The van der Waals surface area contributed by atoms with Gasteiger partial charge in [0, 0.05) is 0 Å². The van der Waals surface area contributed by atoms with Gasteiger partial charge in [-0.3, -0.25) is 0 Å². The molecule has 0 heterocycles. The summed E-state index contributed by atoms with van der Waals surface area (Å²) >= 11 is 4.40. The van der Waals surface area contributed by atoms with E-state index in [9.17, 15) is 4.48 Å². The van der Waals surface area contributed by atoms with Gasteiger partial charge in [-0.1, -0.05) is 47.0 Å². The molecule has 0 saturated carbocycles. The molecule has 3 heteroatoms. The standard InChI is InChI=1S/C8H8FNS/c9-10(7-11)6-8-4-2-1-3-5-8/h1-5,7H,6H2. The van der Waals surface area contributed by atoms with Crippen molar-refractivity contribution in [3.8, 4) is 0 Å². The van der Waals surface area contributed by atoms with Gasteiger partial charge in [0.25, 0.3) is 0 Å². The van der Waals surface area contributed by atoms with E-state index in [0.717, 1.165) is 11.1 Å². The number of thiocarbonyl (C=S) groups is 1. The number of hydrogen-bond donors (Lipinski definition) is 0. The molecule has 0 atom stereocenters. The molecule has 0 radical (unpaired) electrons. The van der Waals surface area contributed by atoms with Gasteiger partial charge in [0.15, 0.2) is 0 Å². The molecule has 0 N–H and O–H groups in total. The van der Waals surface area contributed by atoms with Gasteiger partial charge in [0.1, 0.15) is 0 Å². The van der Waals surface area contributed by atoms with Crippen LogP contribution in [0.3, 0.4) is 0 Å². The normalized spacial score (nSPS) is 9.18. The zero-order chi connectivity index (χ0) is 8.10. The Bertz CT molecular complexity index is 225. The zero-order valence-corrected chi connectivity index (χ0v) is 6.72. The van der Waals surface area contributed by atoms with Gasteiger partial charge in [-0.15, -0.1) is 0 Å². The Morgan fingerprint density at radius 2 is 2.00 bits per heavy atom. The van der Waals surface area contributed by atoms with Crippen LogP contribution >= 0.6 is 12.2 Å². The summed E-state index contributed by atoms with van der Waals surface area (Å²) < 4.78 is 12.5. The smallest absolute Gasteiger partial charge is 0.0959 e. The maximum atomic E-state index is 12.5. The lowest BCUT2D eigenvalue weighted by atomic mass is 10.2. The lowest BCUT2D eigenvalue weighted by molar-refractivity contribution is 0.123. The summed E-state index contributed by atoms with van der Waals surface area (Å²) in [5.41, 5.74) is 1.91. The van der Waals surface area contributed by atoms with Gasteiger partial charge < -0.3 is 0 Å². The molecule has 1 nitrogen and oxygen atoms in total. The van der Waals surface area contributed by atoms with E-state index in [-0.39, 0.29) is 6.54 Å². The summed E-state index contributed by atoms with van der Waals surface area (Å²) in [6.45, 7) is 0.227. The predicted octanol–water partition coefficient (Wildman–Crippen LogP) is 2.33. The zero-order valence-electron chi connectivity index (χ0n) is 5.90. The minimum absolute atomic E-state index is 0.227. The Hall–Kier alpha value is -0.960. The number of halogens is 1. The molecule has 0 aliphatic rings. The van der Waals surface area contributed by atoms with Gasteiger partial charge in [-0.25, -0.2) is 5.12 Å². The molecular formula is C8H8FNS. The fourth-order valence-electron chi connectivity index (χ4n) is 0.795. The Morgan fingerprint density at radius 1 is 1.36 bits per heavy atom. The Balaban J connectivity index is 2.57. The van der Waals surface area contributed by atoms with Gasteiger partial charge in [-0.2, -0.15) is 0 Å². The van der Waals surface area contributed by atoms with Crippen molar-refractivity contribution in [3.63, 3.8) is 0 Å². The molecule has 1 aromatic rings. The van der Waals surface area contributed by atoms with Crippen LogP contribution in [0.4, 0.5) is 4.48 Å². The van der Waals surface area contributed by atoms with E-state index in [1.807, 2.05) is 30.3 Å². The van der Waals surface area contributed by atoms with Crippen molar-refractivity contribution in [2.45, 2.75) is 6.54 Å². The van der Waals surface area contributed by atoms with E-state index in [4.69, 9.17) is 0 Å². The molecule has 11 heavy (non-hydrogen) atoms. The summed E-state index contributed by atoms with van der Waals surface area (Å²) in [5, 5.41) is 0.477. The van der Waals surface area contributed by atoms with Crippen molar-refractivity contribution < 1.29 is 4.48 Å². The molecule has 58 valence electrons. The van der Waals surface area contributed by atoms with Crippen LogP contribution in [-0.4, -0.2) is 10.6 Å². The molecule has 0 spiro atoms. The highest BCUT2D eigenvalue weighted by Crippen LogP contribution is 2.02. The van der Waals surface area contributed by atoms with Crippen LogP contribution in [0.2, 0.25) is 0 Å². The predicted molar refractivity (Wildman–Crippen MR) is 46.7 cm³/mol. The van der Waals surface area contributed by atoms with E-state index in [1.54, 1.807) is 0 Å². The third kappa shape index (κ3) is 2.63. The van der Waals surface area contributed by atoms with Gasteiger partial charge >= 0.3 is 0 Å². The van der Waals surface area contributed by atoms with Crippen molar-refractivity contribution in [2.75, 3.05) is 0 Å². The maximum absolute atomic E-state index is 12.5. The van der Waals surface area contributed by atoms with Crippen LogP contribution < -0.4 is 0 Å². The average molecular weight is 169 g/mol. The Kier molecular flexibility index (Phi) is 2.98. The van der Waals surface area contributed by atoms with E-state index in [1.165, 1.54) is 0 Å². The van der Waals surface area contributed by atoms with Crippen molar-refractivity contribution >= 4 is 17.7 Å². The first-order valence-electron chi connectivity index (χ1n) is 3.24. The summed E-state index contributed by atoms with van der Waals surface area (Å²) in [6.07, 6.45) is 0. The van der Waals surface area contributed by atoms with Crippen LogP contribution in [0, 0.1) is 0 Å². The van der Waals surface area contributed by atoms with Crippen LogP contribution in [0.25, 0.3) is 0 Å². The van der Waals surface area contributed by atoms with Crippen molar-refractivity contribution in [1.29, 1.82) is 0 Å². The van der Waals surface area contributed by atoms with Crippen molar-refractivity contribution in [2.24, 2.45) is 0 Å². The van der Waals surface area contributed by atoms with Gasteiger partial charge in [0.2, 0.25) is 0 Å². The van der Waals surface area contributed by atoms with Crippen LogP contribution in [0.5, 0.6) is 0 Å².